The Hall–Kier alpha value is -0.870. The van der Waals surface area contributed by atoms with E-state index < -0.39 is 0 Å². The fourth-order valence-electron chi connectivity index (χ4n) is 0.989. The predicted octanol–water partition coefficient (Wildman–Crippen LogP) is 3.48. The first kappa shape index (κ1) is 9.68. The van der Waals surface area contributed by atoms with Gasteiger partial charge in [-0.1, -0.05) is 0 Å². The fraction of sp³-hybridized carbons (Fsp3) is 0.100. The Morgan fingerprint density at radius 1 is 1.36 bits per heavy atom. The Labute approximate surface area is 94.7 Å². The minimum atomic E-state index is 0.604. The van der Waals surface area contributed by atoms with E-state index in [4.69, 9.17) is 4.74 Å². The number of aromatic nitrogens is 1. The van der Waals surface area contributed by atoms with E-state index in [9.17, 15) is 0 Å². The standard InChI is InChI=1S/C10H8BrNOS/c11-10-2-1-9(5-12-10)13-6-8-3-4-14-7-8/h1-5,7H,6H2. The number of pyridine rings is 1. The van der Waals surface area contributed by atoms with Crippen molar-refractivity contribution in [2.24, 2.45) is 0 Å². The summed E-state index contributed by atoms with van der Waals surface area (Å²) in [4.78, 5) is 4.07. The summed E-state index contributed by atoms with van der Waals surface area (Å²) >= 11 is 4.94. The molecule has 0 aliphatic carbocycles. The van der Waals surface area contributed by atoms with Gasteiger partial charge in [-0.05, 0) is 50.5 Å². The minimum absolute atomic E-state index is 0.604. The van der Waals surface area contributed by atoms with Gasteiger partial charge in [-0.2, -0.15) is 11.3 Å². The van der Waals surface area contributed by atoms with Gasteiger partial charge in [0.1, 0.15) is 17.0 Å². The van der Waals surface area contributed by atoms with Gasteiger partial charge in [-0.25, -0.2) is 4.98 Å². The topological polar surface area (TPSA) is 22.1 Å². The highest BCUT2D eigenvalue weighted by Gasteiger charge is 1.96. The van der Waals surface area contributed by atoms with Crippen LogP contribution in [0.2, 0.25) is 0 Å². The molecule has 0 bridgehead atoms. The number of thiophene rings is 1. The summed E-state index contributed by atoms with van der Waals surface area (Å²) in [5.41, 5.74) is 1.19. The van der Waals surface area contributed by atoms with Crippen molar-refractivity contribution in [3.05, 3.63) is 45.3 Å². The maximum absolute atomic E-state index is 5.53. The van der Waals surface area contributed by atoms with Crippen molar-refractivity contribution >= 4 is 27.3 Å². The van der Waals surface area contributed by atoms with Gasteiger partial charge in [-0.15, -0.1) is 0 Å². The van der Waals surface area contributed by atoms with Crippen LogP contribution >= 0.6 is 27.3 Å². The SMILES string of the molecule is Brc1ccc(OCc2ccsc2)cn1. The monoisotopic (exact) mass is 269 g/mol. The van der Waals surface area contributed by atoms with Crippen LogP contribution in [0, 0.1) is 0 Å². The molecule has 0 saturated heterocycles. The molecule has 2 aromatic rings. The van der Waals surface area contributed by atoms with Gasteiger partial charge in [0.05, 0.1) is 6.20 Å². The Kier molecular flexibility index (Phi) is 3.16. The maximum atomic E-state index is 5.53. The van der Waals surface area contributed by atoms with Crippen molar-refractivity contribution < 1.29 is 4.74 Å². The summed E-state index contributed by atoms with van der Waals surface area (Å²) in [6.07, 6.45) is 1.70. The third-order valence-electron chi connectivity index (χ3n) is 1.69. The Morgan fingerprint density at radius 2 is 2.29 bits per heavy atom. The molecule has 0 saturated carbocycles. The van der Waals surface area contributed by atoms with E-state index in [1.807, 2.05) is 17.5 Å². The summed E-state index contributed by atoms with van der Waals surface area (Å²) in [6, 6.07) is 5.81. The summed E-state index contributed by atoms with van der Waals surface area (Å²) in [7, 11) is 0. The van der Waals surface area contributed by atoms with E-state index in [1.165, 1.54) is 5.56 Å². The zero-order valence-electron chi connectivity index (χ0n) is 7.31. The molecule has 0 spiro atoms. The van der Waals surface area contributed by atoms with Crippen LogP contribution in [0.5, 0.6) is 5.75 Å². The largest absolute Gasteiger partial charge is 0.487 e. The highest BCUT2D eigenvalue weighted by molar-refractivity contribution is 9.10. The van der Waals surface area contributed by atoms with Crippen molar-refractivity contribution in [1.29, 1.82) is 0 Å². The lowest BCUT2D eigenvalue weighted by atomic mass is 10.4. The molecule has 4 heteroatoms. The van der Waals surface area contributed by atoms with Crippen LogP contribution < -0.4 is 4.74 Å². The number of halogens is 1. The highest BCUT2D eigenvalue weighted by atomic mass is 79.9. The van der Waals surface area contributed by atoms with Gasteiger partial charge >= 0.3 is 0 Å². The van der Waals surface area contributed by atoms with Crippen LogP contribution in [0.1, 0.15) is 5.56 Å². The number of hydrogen-bond acceptors (Lipinski definition) is 3. The number of rotatable bonds is 3. The third-order valence-corrected chi connectivity index (χ3v) is 2.89. The first-order valence-corrected chi connectivity index (χ1v) is 5.83. The minimum Gasteiger partial charge on any atom is -0.487 e. The maximum Gasteiger partial charge on any atom is 0.138 e. The van der Waals surface area contributed by atoms with Gasteiger partial charge in [0.15, 0.2) is 0 Å². The van der Waals surface area contributed by atoms with Crippen LogP contribution in [-0.4, -0.2) is 4.98 Å². The van der Waals surface area contributed by atoms with Gasteiger partial charge in [0.2, 0.25) is 0 Å². The second kappa shape index (κ2) is 4.57. The normalized spacial score (nSPS) is 10.1. The average molecular weight is 270 g/mol. The van der Waals surface area contributed by atoms with E-state index >= 15 is 0 Å². The van der Waals surface area contributed by atoms with Crippen LogP contribution in [-0.2, 0) is 6.61 Å². The molecule has 0 aliphatic rings. The summed E-state index contributed by atoms with van der Waals surface area (Å²) in [6.45, 7) is 0.604. The zero-order chi connectivity index (χ0) is 9.80. The van der Waals surface area contributed by atoms with Crippen LogP contribution in [0.3, 0.4) is 0 Å². The summed E-state index contributed by atoms with van der Waals surface area (Å²) in [5.74, 6) is 0.791. The molecular formula is C10H8BrNOS. The quantitative estimate of drug-likeness (QED) is 0.796. The smallest absolute Gasteiger partial charge is 0.138 e. The molecule has 14 heavy (non-hydrogen) atoms. The van der Waals surface area contributed by atoms with E-state index in [-0.39, 0.29) is 0 Å². The lowest BCUT2D eigenvalue weighted by Crippen LogP contribution is -1.93. The molecular weight excluding hydrogens is 262 g/mol. The molecule has 2 rings (SSSR count). The van der Waals surface area contributed by atoms with Crippen molar-refractivity contribution in [2.75, 3.05) is 0 Å². The first-order chi connectivity index (χ1) is 6.84. The van der Waals surface area contributed by atoms with E-state index in [2.05, 4.69) is 32.4 Å². The van der Waals surface area contributed by atoms with Crippen LogP contribution in [0.25, 0.3) is 0 Å². The molecule has 0 radical (unpaired) electrons. The molecule has 2 aromatic heterocycles. The van der Waals surface area contributed by atoms with E-state index in [0.29, 0.717) is 6.61 Å². The average Bonchev–Trinajstić information content (AvgIpc) is 2.70. The van der Waals surface area contributed by atoms with Crippen molar-refractivity contribution in [3.8, 4) is 5.75 Å². The molecule has 0 unspecified atom stereocenters. The van der Waals surface area contributed by atoms with Gasteiger partial charge < -0.3 is 4.74 Å². The van der Waals surface area contributed by atoms with E-state index in [1.54, 1.807) is 17.5 Å². The zero-order valence-corrected chi connectivity index (χ0v) is 9.72. The van der Waals surface area contributed by atoms with Crippen LogP contribution in [0.4, 0.5) is 0 Å². The van der Waals surface area contributed by atoms with Gasteiger partial charge in [0, 0.05) is 0 Å². The highest BCUT2D eigenvalue weighted by Crippen LogP contribution is 2.15. The Morgan fingerprint density at radius 3 is 2.93 bits per heavy atom. The molecule has 0 fully saturated rings. The molecule has 2 nitrogen and oxygen atoms in total. The molecule has 2 heterocycles. The fourth-order valence-corrected chi connectivity index (χ4v) is 1.88. The Bertz CT molecular complexity index is 385. The van der Waals surface area contributed by atoms with Gasteiger partial charge in [-0.3, -0.25) is 0 Å². The molecule has 0 aromatic carbocycles. The number of nitrogens with zero attached hydrogens (tertiary/aromatic N) is 1. The van der Waals surface area contributed by atoms with Crippen molar-refractivity contribution in [2.45, 2.75) is 6.61 Å². The summed E-state index contributed by atoms with van der Waals surface area (Å²) in [5, 5.41) is 4.12. The second-order valence-corrected chi connectivity index (χ2v) is 4.33. The molecule has 0 aliphatic heterocycles. The summed E-state index contributed by atoms with van der Waals surface area (Å²) < 4.78 is 6.35. The lowest BCUT2D eigenvalue weighted by Gasteiger charge is -2.03. The van der Waals surface area contributed by atoms with E-state index in [0.717, 1.165) is 10.4 Å². The Balaban J connectivity index is 1.95. The third kappa shape index (κ3) is 2.56. The lowest BCUT2D eigenvalue weighted by molar-refractivity contribution is 0.305. The number of hydrogen-bond donors (Lipinski definition) is 0. The second-order valence-electron chi connectivity index (χ2n) is 2.74. The van der Waals surface area contributed by atoms with Gasteiger partial charge in [0.25, 0.3) is 0 Å². The molecule has 0 atom stereocenters. The molecule has 0 amide bonds. The molecule has 0 N–H and O–H groups in total. The van der Waals surface area contributed by atoms with Crippen molar-refractivity contribution in [1.82, 2.24) is 4.98 Å². The number of ether oxygens (including phenoxy) is 1. The van der Waals surface area contributed by atoms with Crippen LogP contribution in [0.15, 0.2) is 39.8 Å². The van der Waals surface area contributed by atoms with Crippen molar-refractivity contribution in [3.63, 3.8) is 0 Å². The molecule has 72 valence electrons. The first-order valence-electron chi connectivity index (χ1n) is 4.10. The predicted molar refractivity (Wildman–Crippen MR) is 60.6 cm³/mol.